The van der Waals surface area contributed by atoms with Gasteiger partial charge in [-0.1, -0.05) is 58.4 Å². The van der Waals surface area contributed by atoms with Crippen molar-refractivity contribution in [2.24, 2.45) is 0 Å². The number of hydrogen-bond acceptors (Lipinski definition) is 6. The number of hydroxylamine groups is 3. The summed E-state index contributed by atoms with van der Waals surface area (Å²) in [5.41, 5.74) is 3.11. The van der Waals surface area contributed by atoms with Crippen LogP contribution in [-0.4, -0.2) is 39.8 Å². The van der Waals surface area contributed by atoms with Gasteiger partial charge in [0.05, 0.1) is 24.9 Å². The maximum absolute atomic E-state index is 13.5. The van der Waals surface area contributed by atoms with E-state index in [2.05, 4.69) is 28.7 Å². The Bertz CT molecular complexity index is 740. The predicted octanol–water partition coefficient (Wildman–Crippen LogP) is 6.59. The fourth-order valence-corrected chi connectivity index (χ4v) is 4.51. The highest BCUT2D eigenvalue weighted by Gasteiger charge is 2.29. The van der Waals surface area contributed by atoms with Gasteiger partial charge < -0.3 is 19.3 Å². The largest absolute Gasteiger partial charge is 0.630 e. The predicted molar refractivity (Wildman–Crippen MR) is 126 cm³/mol. The van der Waals surface area contributed by atoms with Crippen molar-refractivity contribution < 1.29 is 14.1 Å². The molecule has 3 rings (SSSR count). The van der Waals surface area contributed by atoms with Gasteiger partial charge >= 0.3 is 0 Å². The van der Waals surface area contributed by atoms with Crippen LogP contribution in [0.4, 0.5) is 0 Å². The minimum absolute atomic E-state index is 0.189. The molecule has 0 amide bonds. The lowest BCUT2D eigenvalue weighted by atomic mass is 10.1. The molecule has 2 heterocycles. The first-order valence-electron chi connectivity index (χ1n) is 12.2. The van der Waals surface area contributed by atoms with Gasteiger partial charge in [0.2, 0.25) is 6.73 Å². The Morgan fingerprint density at radius 3 is 2.58 bits per heavy atom. The number of rotatable bonds is 15. The zero-order valence-corrected chi connectivity index (χ0v) is 20.2. The number of nitrogens with zero attached hydrogens (tertiary/aromatic N) is 3. The molecule has 0 spiro atoms. The lowest BCUT2D eigenvalue weighted by molar-refractivity contribution is -0.892. The van der Waals surface area contributed by atoms with E-state index in [0.717, 1.165) is 67.3 Å². The molecule has 0 aromatic carbocycles. The van der Waals surface area contributed by atoms with Crippen LogP contribution in [0.2, 0.25) is 0 Å². The summed E-state index contributed by atoms with van der Waals surface area (Å²) < 4.78 is 20.5. The Morgan fingerprint density at radius 1 is 1.06 bits per heavy atom. The molecule has 0 saturated heterocycles. The zero-order valence-electron chi connectivity index (χ0n) is 19.4. The molecule has 174 valence electrons. The maximum Gasteiger partial charge on any atom is 0.253 e. The number of allylic oxidation sites excluding steroid dienone is 2. The molecule has 1 aliphatic heterocycles. The van der Waals surface area contributed by atoms with Crippen LogP contribution in [-0.2, 0) is 4.74 Å². The van der Waals surface area contributed by atoms with Crippen LogP contribution in [0.15, 0.2) is 17.4 Å². The van der Waals surface area contributed by atoms with Crippen LogP contribution < -0.4 is 4.74 Å². The molecule has 1 unspecified atom stereocenters. The third-order valence-electron chi connectivity index (χ3n) is 6.01. The van der Waals surface area contributed by atoms with E-state index < -0.39 is 0 Å². The van der Waals surface area contributed by atoms with Gasteiger partial charge in [-0.05, 0) is 31.3 Å². The molecule has 1 atom stereocenters. The van der Waals surface area contributed by atoms with E-state index >= 15 is 0 Å². The van der Waals surface area contributed by atoms with Gasteiger partial charge in [-0.25, -0.2) is 0 Å². The third kappa shape index (κ3) is 7.88. The van der Waals surface area contributed by atoms with Crippen molar-refractivity contribution in [3.63, 3.8) is 0 Å². The fourth-order valence-electron chi connectivity index (χ4n) is 3.98. The number of quaternary nitrogens is 1. The average Bonchev–Trinajstić information content (AvgIpc) is 3.50. The first-order valence-corrected chi connectivity index (χ1v) is 12.9. The van der Waals surface area contributed by atoms with Crippen LogP contribution in [0, 0.1) is 5.21 Å². The molecule has 6 nitrogen and oxygen atoms in total. The summed E-state index contributed by atoms with van der Waals surface area (Å²) in [4.78, 5) is 0. The van der Waals surface area contributed by atoms with Gasteiger partial charge in [-0.2, -0.15) is 4.37 Å². The van der Waals surface area contributed by atoms with Crippen molar-refractivity contribution in [2.75, 3.05) is 26.4 Å². The summed E-state index contributed by atoms with van der Waals surface area (Å²) in [5, 5.41) is 13.5. The van der Waals surface area contributed by atoms with Crippen molar-refractivity contribution in [3.8, 4) is 5.88 Å². The Morgan fingerprint density at radius 2 is 1.84 bits per heavy atom. The summed E-state index contributed by atoms with van der Waals surface area (Å²) in [6.07, 6.45) is 15.6. The Labute approximate surface area is 191 Å². The summed E-state index contributed by atoms with van der Waals surface area (Å²) >= 11 is 1.16. The zero-order chi connectivity index (χ0) is 21.9. The highest BCUT2D eigenvalue weighted by Crippen LogP contribution is 2.36. The summed E-state index contributed by atoms with van der Waals surface area (Å²) in [6, 6.07) is 0. The van der Waals surface area contributed by atoms with Crippen molar-refractivity contribution in [1.82, 2.24) is 8.75 Å². The van der Waals surface area contributed by atoms with Crippen LogP contribution in [0.25, 0.3) is 5.57 Å². The Hall–Kier alpha value is -1.44. The van der Waals surface area contributed by atoms with E-state index in [0.29, 0.717) is 25.6 Å². The smallest absolute Gasteiger partial charge is 0.253 e. The average molecular weight is 450 g/mol. The summed E-state index contributed by atoms with van der Waals surface area (Å²) in [6.45, 7) is 6.19. The molecule has 0 bridgehead atoms. The molecule has 31 heavy (non-hydrogen) atoms. The van der Waals surface area contributed by atoms with E-state index in [1.54, 1.807) is 0 Å². The maximum atomic E-state index is 13.5. The second kappa shape index (κ2) is 12.6. The molecular weight excluding hydrogens is 410 g/mol. The van der Waals surface area contributed by atoms with E-state index in [4.69, 9.17) is 9.47 Å². The number of aromatic nitrogens is 2. The summed E-state index contributed by atoms with van der Waals surface area (Å²) in [5.74, 6) is 1.67. The highest BCUT2D eigenvalue weighted by molar-refractivity contribution is 6.99. The molecule has 1 aromatic rings. The van der Waals surface area contributed by atoms with Crippen LogP contribution in [0.5, 0.6) is 5.88 Å². The number of ether oxygens (including phenoxy) is 2. The van der Waals surface area contributed by atoms with Crippen molar-refractivity contribution in [3.05, 3.63) is 28.3 Å². The van der Waals surface area contributed by atoms with Crippen molar-refractivity contribution in [2.45, 2.75) is 90.9 Å². The van der Waals surface area contributed by atoms with Gasteiger partial charge in [-0.3, -0.25) is 0 Å². The minimum atomic E-state index is -0.356. The van der Waals surface area contributed by atoms with E-state index in [9.17, 15) is 5.21 Å². The van der Waals surface area contributed by atoms with Gasteiger partial charge in [-0.15, -0.1) is 4.37 Å². The first-order chi connectivity index (χ1) is 15.1. The summed E-state index contributed by atoms with van der Waals surface area (Å²) in [7, 11) is 0. The second-order valence-corrected chi connectivity index (χ2v) is 9.42. The first kappa shape index (κ1) is 24.2. The van der Waals surface area contributed by atoms with E-state index in [-0.39, 0.29) is 11.4 Å². The lowest BCUT2D eigenvalue weighted by Gasteiger charge is -2.44. The monoisotopic (exact) mass is 449 g/mol. The number of hydrogen-bond donors (Lipinski definition) is 0. The molecule has 1 saturated carbocycles. The second-order valence-electron chi connectivity index (χ2n) is 8.90. The fraction of sp³-hybridized carbons (Fsp3) is 0.750. The van der Waals surface area contributed by atoms with Crippen LogP contribution >= 0.6 is 11.7 Å². The SMILES string of the molecule is CCCCCCOc1nsnc1C1=CCC[N+]([O-])(COC(CCCCCC)=C2CC2)C1. The molecule has 2 aliphatic rings. The Kier molecular flexibility index (Phi) is 9.81. The quantitative estimate of drug-likeness (QED) is 0.131. The Balaban J connectivity index is 1.52. The van der Waals surface area contributed by atoms with E-state index in [1.165, 1.54) is 44.1 Å². The van der Waals surface area contributed by atoms with Gasteiger partial charge in [0.15, 0.2) is 0 Å². The van der Waals surface area contributed by atoms with Crippen molar-refractivity contribution in [1.29, 1.82) is 0 Å². The minimum Gasteiger partial charge on any atom is -0.630 e. The van der Waals surface area contributed by atoms with Gasteiger partial charge in [0.1, 0.15) is 18.0 Å². The standard InChI is InChI=1S/C24H39N3O3S/c1-3-5-7-9-13-22(20-14-15-20)30-19-27(28)16-11-12-21(18-27)23-24(26-31-25-23)29-17-10-8-6-4-2/h12H,3-11,13-19H2,1-2H3. The molecule has 1 fully saturated rings. The van der Waals surface area contributed by atoms with Gasteiger partial charge in [0, 0.05) is 18.4 Å². The lowest BCUT2D eigenvalue weighted by Crippen LogP contribution is -2.47. The normalized spacial score (nSPS) is 20.5. The molecule has 1 aliphatic carbocycles. The molecule has 1 aromatic heterocycles. The number of unbranched alkanes of at least 4 members (excludes halogenated alkanes) is 6. The highest BCUT2D eigenvalue weighted by atomic mass is 32.1. The van der Waals surface area contributed by atoms with Crippen LogP contribution in [0.3, 0.4) is 0 Å². The van der Waals surface area contributed by atoms with Gasteiger partial charge in [0.25, 0.3) is 5.88 Å². The topological polar surface area (TPSA) is 67.3 Å². The third-order valence-corrected chi connectivity index (χ3v) is 6.52. The molecule has 7 heteroatoms. The van der Waals surface area contributed by atoms with Crippen molar-refractivity contribution >= 4 is 17.3 Å². The van der Waals surface area contributed by atoms with Crippen LogP contribution in [0.1, 0.15) is 96.6 Å². The molecule has 0 radical (unpaired) electrons. The van der Waals surface area contributed by atoms with E-state index in [1.807, 2.05) is 0 Å². The molecule has 0 N–H and O–H groups in total. The molecular formula is C24H39N3O3S.